The molecule has 0 radical (unpaired) electrons. The Morgan fingerprint density at radius 3 is 2.47 bits per heavy atom. The summed E-state index contributed by atoms with van der Waals surface area (Å²) in [6.45, 7) is 5.66. The second-order valence-electron chi connectivity index (χ2n) is 10.9. The van der Waals surface area contributed by atoms with E-state index in [1.807, 2.05) is 12.1 Å². The van der Waals surface area contributed by atoms with Crippen molar-refractivity contribution >= 4 is 5.82 Å². The normalized spacial score (nSPS) is 26.9. The molecule has 2 fully saturated rings. The SMILES string of the molecule is CN(c1cnc(-c2ccc(-c3cnc4c(c3)OCCO4)cc2O)nn1)C1C[C@]2(C)CCC[C@](C)(C1)N2. The predicted octanol–water partition coefficient (Wildman–Crippen LogP) is 3.97. The van der Waals surface area contributed by atoms with E-state index >= 15 is 0 Å². The molecular formula is C27H32N6O3. The van der Waals surface area contributed by atoms with Crippen LogP contribution >= 0.6 is 0 Å². The largest absolute Gasteiger partial charge is 0.507 e. The number of aromatic nitrogens is 4. The lowest BCUT2D eigenvalue weighted by atomic mass is 9.69. The summed E-state index contributed by atoms with van der Waals surface area (Å²) in [5.41, 5.74) is 2.48. The molecule has 188 valence electrons. The molecule has 0 saturated carbocycles. The number of nitrogens with zero attached hydrogens (tertiary/aromatic N) is 5. The van der Waals surface area contributed by atoms with Crippen molar-refractivity contribution in [3.63, 3.8) is 0 Å². The number of hydrogen-bond donors (Lipinski definition) is 2. The monoisotopic (exact) mass is 488 g/mol. The Balaban J connectivity index is 1.20. The maximum absolute atomic E-state index is 10.8. The van der Waals surface area contributed by atoms with Gasteiger partial charge in [0.25, 0.3) is 5.88 Å². The van der Waals surface area contributed by atoms with E-state index < -0.39 is 0 Å². The van der Waals surface area contributed by atoms with E-state index in [9.17, 15) is 5.11 Å². The topological polar surface area (TPSA) is 106 Å². The van der Waals surface area contributed by atoms with Crippen LogP contribution in [0.3, 0.4) is 0 Å². The van der Waals surface area contributed by atoms with E-state index in [4.69, 9.17) is 9.47 Å². The van der Waals surface area contributed by atoms with Crippen LogP contribution in [0.5, 0.6) is 17.4 Å². The number of benzene rings is 1. The van der Waals surface area contributed by atoms with Crippen molar-refractivity contribution in [2.24, 2.45) is 0 Å². The molecule has 9 heteroatoms. The first kappa shape index (κ1) is 23.0. The highest BCUT2D eigenvalue weighted by atomic mass is 16.6. The molecule has 0 aliphatic carbocycles. The van der Waals surface area contributed by atoms with Crippen LogP contribution in [0.15, 0.2) is 36.7 Å². The van der Waals surface area contributed by atoms with E-state index in [1.54, 1.807) is 24.5 Å². The minimum Gasteiger partial charge on any atom is -0.507 e. The Hall–Kier alpha value is -3.46. The fourth-order valence-corrected chi connectivity index (χ4v) is 6.15. The van der Waals surface area contributed by atoms with Gasteiger partial charge in [-0.25, -0.2) is 9.97 Å². The summed E-state index contributed by atoms with van der Waals surface area (Å²) in [7, 11) is 2.08. The standard InChI is InChI=1S/C27H32N6O3/c1-26-7-4-8-27(2,32-26)14-19(13-26)33(3)23-16-28-24(31-30-23)20-6-5-17(11-21(20)34)18-12-22-25(29-15-18)36-10-9-35-22/h5-6,11-12,15-16,19,32,34H,4,7-10,13-14H2,1-3H3/t19?,26-,27+. The number of phenols is 1. The highest BCUT2D eigenvalue weighted by Gasteiger charge is 2.46. The third kappa shape index (κ3) is 4.21. The first-order valence-electron chi connectivity index (χ1n) is 12.6. The Morgan fingerprint density at radius 1 is 0.972 bits per heavy atom. The maximum atomic E-state index is 10.8. The Kier molecular flexibility index (Phi) is 5.48. The van der Waals surface area contributed by atoms with Crippen LogP contribution in [0.4, 0.5) is 5.82 Å². The lowest BCUT2D eigenvalue weighted by Gasteiger charge is -2.55. The molecule has 5 heterocycles. The van der Waals surface area contributed by atoms with Gasteiger partial charge < -0.3 is 24.8 Å². The van der Waals surface area contributed by atoms with Crippen molar-refractivity contribution in [3.8, 4) is 39.9 Å². The molecule has 9 nitrogen and oxygen atoms in total. The molecule has 0 spiro atoms. The van der Waals surface area contributed by atoms with Crippen LogP contribution in [-0.2, 0) is 0 Å². The van der Waals surface area contributed by atoms with Crippen molar-refractivity contribution in [2.75, 3.05) is 25.2 Å². The molecule has 2 saturated heterocycles. The zero-order valence-corrected chi connectivity index (χ0v) is 21.0. The molecule has 1 aromatic carbocycles. The lowest BCUT2D eigenvalue weighted by Crippen LogP contribution is -2.66. The van der Waals surface area contributed by atoms with Gasteiger partial charge in [0.15, 0.2) is 17.4 Å². The summed E-state index contributed by atoms with van der Waals surface area (Å²) in [5, 5.41) is 23.5. The van der Waals surface area contributed by atoms with Gasteiger partial charge in [0, 0.05) is 35.9 Å². The van der Waals surface area contributed by atoms with Crippen LogP contribution in [0.25, 0.3) is 22.5 Å². The summed E-state index contributed by atoms with van der Waals surface area (Å²) in [6, 6.07) is 7.63. The number of anilines is 1. The van der Waals surface area contributed by atoms with Crippen molar-refractivity contribution in [2.45, 2.75) is 63.1 Å². The smallest absolute Gasteiger partial charge is 0.257 e. The molecule has 6 rings (SSSR count). The summed E-state index contributed by atoms with van der Waals surface area (Å²) in [4.78, 5) is 11.1. The average Bonchev–Trinajstić information content (AvgIpc) is 2.87. The van der Waals surface area contributed by atoms with E-state index in [-0.39, 0.29) is 16.8 Å². The number of fused-ring (bicyclic) bond motifs is 3. The van der Waals surface area contributed by atoms with E-state index in [2.05, 4.69) is 51.3 Å². The maximum Gasteiger partial charge on any atom is 0.257 e. The van der Waals surface area contributed by atoms with Gasteiger partial charge in [-0.15, -0.1) is 10.2 Å². The van der Waals surface area contributed by atoms with Crippen molar-refractivity contribution in [1.29, 1.82) is 0 Å². The second-order valence-corrected chi connectivity index (χ2v) is 10.9. The van der Waals surface area contributed by atoms with Gasteiger partial charge in [0.1, 0.15) is 19.0 Å². The number of aromatic hydroxyl groups is 1. The first-order chi connectivity index (χ1) is 17.3. The second kappa shape index (κ2) is 8.58. The summed E-state index contributed by atoms with van der Waals surface area (Å²) in [5.74, 6) is 2.31. The first-order valence-corrected chi connectivity index (χ1v) is 12.6. The molecule has 2 N–H and O–H groups in total. The third-order valence-electron chi connectivity index (χ3n) is 7.86. The van der Waals surface area contributed by atoms with Crippen LogP contribution in [0.1, 0.15) is 46.0 Å². The van der Waals surface area contributed by atoms with Crippen molar-refractivity contribution < 1.29 is 14.6 Å². The van der Waals surface area contributed by atoms with E-state index in [1.165, 1.54) is 19.3 Å². The predicted molar refractivity (Wildman–Crippen MR) is 136 cm³/mol. The number of piperidine rings is 2. The number of hydrogen-bond acceptors (Lipinski definition) is 9. The summed E-state index contributed by atoms with van der Waals surface area (Å²) in [6.07, 6.45) is 9.28. The zero-order chi connectivity index (χ0) is 24.9. The fourth-order valence-electron chi connectivity index (χ4n) is 6.15. The number of phenolic OH excluding ortho intramolecular Hbond substituents is 1. The zero-order valence-electron chi connectivity index (χ0n) is 21.0. The molecule has 3 aromatic rings. The fraction of sp³-hybridized carbons (Fsp3) is 0.481. The summed E-state index contributed by atoms with van der Waals surface area (Å²) < 4.78 is 11.1. The van der Waals surface area contributed by atoms with Gasteiger partial charge in [0.2, 0.25) is 0 Å². The summed E-state index contributed by atoms with van der Waals surface area (Å²) >= 11 is 0. The molecule has 2 aromatic heterocycles. The number of rotatable bonds is 4. The van der Waals surface area contributed by atoms with E-state index in [0.717, 1.165) is 29.8 Å². The molecule has 1 unspecified atom stereocenters. The Bertz CT molecular complexity index is 1270. The van der Waals surface area contributed by atoms with Gasteiger partial charge >= 0.3 is 0 Å². The highest BCUT2D eigenvalue weighted by molar-refractivity contribution is 5.73. The van der Waals surface area contributed by atoms with Gasteiger partial charge in [-0.3, -0.25) is 0 Å². The van der Waals surface area contributed by atoms with Gasteiger partial charge in [-0.1, -0.05) is 6.07 Å². The molecule has 3 aliphatic heterocycles. The van der Waals surface area contributed by atoms with Gasteiger partial charge in [-0.2, -0.15) is 0 Å². The van der Waals surface area contributed by atoms with E-state index in [0.29, 0.717) is 42.3 Å². The molecule has 0 amide bonds. The number of ether oxygens (including phenoxy) is 2. The molecular weight excluding hydrogens is 456 g/mol. The molecule has 3 atom stereocenters. The van der Waals surface area contributed by atoms with Crippen LogP contribution in [0.2, 0.25) is 0 Å². The molecule has 3 aliphatic rings. The Labute approximate surface area is 210 Å². The molecule has 2 bridgehead atoms. The van der Waals surface area contributed by atoms with Crippen molar-refractivity contribution in [1.82, 2.24) is 25.5 Å². The lowest BCUT2D eigenvalue weighted by molar-refractivity contribution is 0.0784. The highest BCUT2D eigenvalue weighted by Crippen LogP contribution is 2.42. The minimum absolute atomic E-state index is 0.0809. The van der Waals surface area contributed by atoms with Gasteiger partial charge in [0.05, 0.1) is 11.8 Å². The number of pyridine rings is 1. The van der Waals surface area contributed by atoms with Crippen LogP contribution in [-0.4, -0.2) is 62.7 Å². The quantitative estimate of drug-likeness (QED) is 0.564. The minimum atomic E-state index is 0.0809. The van der Waals surface area contributed by atoms with Crippen molar-refractivity contribution in [3.05, 3.63) is 36.7 Å². The average molecular weight is 489 g/mol. The number of nitrogens with one attached hydrogen (secondary N) is 1. The Morgan fingerprint density at radius 2 is 1.75 bits per heavy atom. The van der Waals surface area contributed by atoms with Crippen LogP contribution < -0.4 is 19.7 Å². The van der Waals surface area contributed by atoms with Crippen LogP contribution in [0, 0.1) is 0 Å². The van der Waals surface area contributed by atoms with Gasteiger partial charge in [-0.05, 0) is 69.7 Å². The third-order valence-corrected chi connectivity index (χ3v) is 7.86. The molecule has 36 heavy (non-hydrogen) atoms.